The zero-order chi connectivity index (χ0) is 18.2. The van der Waals surface area contributed by atoms with Gasteiger partial charge >= 0.3 is 5.97 Å². The van der Waals surface area contributed by atoms with Gasteiger partial charge in [0.05, 0.1) is 21.3 Å². The molecule has 0 atom stereocenters. The van der Waals surface area contributed by atoms with Gasteiger partial charge in [-0.3, -0.25) is 4.79 Å². The molecule has 1 aromatic heterocycles. The van der Waals surface area contributed by atoms with Crippen LogP contribution in [0.15, 0.2) is 30.5 Å². The molecule has 0 bridgehead atoms. The molecule has 0 spiro atoms. The van der Waals surface area contributed by atoms with E-state index in [0.29, 0.717) is 28.8 Å². The molecule has 1 heterocycles. The first-order valence-electron chi connectivity index (χ1n) is 7.62. The van der Waals surface area contributed by atoms with Gasteiger partial charge in [0.15, 0.2) is 11.5 Å². The van der Waals surface area contributed by atoms with Gasteiger partial charge in [-0.1, -0.05) is 17.7 Å². The largest absolute Gasteiger partial charge is 0.493 e. The van der Waals surface area contributed by atoms with E-state index >= 15 is 0 Å². The number of rotatable bonds is 8. The number of pyridine rings is 1. The van der Waals surface area contributed by atoms with Gasteiger partial charge in [-0.05, 0) is 30.2 Å². The topological polar surface area (TPSA) is 66.9 Å². The Hall–Kier alpha value is -2.47. The highest BCUT2D eigenvalue weighted by atomic mass is 35.5. The Bertz CT molecular complexity index is 693. The van der Waals surface area contributed by atoms with E-state index in [2.05, 4.69) is 4.98 Å². The zero-order valence-electron chi connectivity index (χ0n) is 14.4. The molecule has 7 heteroatoms. The molecule has 134 valence electrons. The summed E-state index contributed by atoms with van der Waals surface area (Å²) in [5.74, 6) is 1.32. The van der Waals surface area contributed by atoms with Crippen LogP contribution >= 0.6 is 11.6 Å². The minimum Gasteiger partial charge on any atom is -0.493 e. The number of esters is 1. The molecule has 0 N–H and O–H groups in total. The number of hydrogen-bond donors (Lipinski definition) is 0. The van der Waals surface area contributed by atoms with Crippen LogP contribution in [0.4, 0.5) is 0 Å². The minimum absolute atomic E-state index is 0.165. The Balaban J connectivity index is 1.93. The van der Waals surface area contributed by atoms with E-state index in [4.69, 9.17) is 30.5 Å². The normalized spacial score (nSPS) is 10.2. The van der Waals surface area contributed by atoms with Crippen LogP contribution in [0.25, 0.3) is 0 Å². The first kappa shape index (κ1) is 18.9. The van der Waals surface area contributed by atoms with Crippen molar-refractivity contribution in [2.24, 2.45) is 0 Å². The van der Waals surface area contributed by atoms with Gasteiger partial charge in [0, 0.05) is 18.2 Å². The van der Waals surface area contributed by atoms with Crippen LogP contribution in [0.5, 0.6) is 17.2 Å². The van der Waals surface area contributed by atoms with E-state index in [1.165, 1.54) is 0 Å². The fourth-order valence-corrected chi connectivity index (χ4v) is 2.37. The molecule has 0 amide bonds. The standard InChI is InChI=1S/C18H20ClNO5/c1-22-14-8-12(9-15(23-2)18(14)24-3)5-7-17(21)25-11-13-4-6-16(19)20-10-13/h4,6,8-10H,5,7,11H2,1-3H3. The zero-order valence-corrected chi connectivity index (χ0v) is 15.1. The van der Waals surface area contributed by atoms with Gasteiger partial charge in [-0.15, -0.1) is 0 Å². The van der Waals surface area contributed by atoms with Crippen LogP contribution in [-0.2, 0) is 22.6 Å². The SMILES string of the molecule is COc1cc(CCC(=O)OCc2ccc(Cl)nc2)cc(OC)c1OC. The fourth-order valence-electron chi connectivity index (χ4n) is 2.25. The highest BCUT2D eigenvalue weighted by molar-refractivity contribution is 6.29. The third-order valence-electron chi connectivity index (χ3n) is 3.53. The number of methoxy groups -OCH3 is 3. The Morgan fingerprint density at radius 3 is 2.24 bits per heavy atom. The second kappa shape index (κ2) is 9.13. The highest BCUT2D eigenvalue weighted by Crippen LogP contribution is 2.38. The molecular weight excluding hydrogens is 346 g/mol. The second-order valence-electron chi connectivity index (χ2n) is 5.18. The van der Waals surface area contributed by atoms with E-state index in [1.807, 2.05) is 12.1 Å². The molecule has 0 fully saturated rings. The lowest BCUT2D eigenvalue weighted by molar-refractivity contribution is -0.144. The van der Waals surface area contributed by atoms with E-state index < -0.39 is 0 Å². The number of halogens is 1. The molecule has 0 unspecified atom stereocenters. The number of benzene rings is 1. The third kappa shape index (κ3) is 5.26. The molecule has 2 rings (SSSR count). The average Bonchev–Trinajstić information content (AvgIpc) is 2.64. The fraction of sp³-hybridized carbons (Fsp3) is 0.333. The predicted octanol–water partition coefficient (Wildman–Crippen LogP) is 3.44. The van der Waals surface area contributed by atoms with Crippen molar-refractivity contribution in [3.8, 4) is 17.2 Å². The highest BCUT2D eigenvalue weighted by Gasteiger charge is 2.14. The first-order chi connectivity index (χ1) is 12.1. The van der Waals surface area contributed by atoms with Crippen molar-refractivity contribution < 1.29 is 23.7 Å². The summed E-state index contributed by atoms with van der Waals surface area (Å²) in [6.07, 6.45) is 2.31. The average molecular weight is 366 g/mol. The number of aromatic nitrogens is 1. The lowest BCUT2D eigenvalue weighted by atomic mass is 10.1. The van der Waals surface area contributed by atoms with Crippen molar-refractivity contribution >= 4 is 17.6 Å². The molecule has 0 saturated heterocycles. The van der Waals surface area contributed by atoms with Crippen molar-refractivity contribution in [1.29, 1.82) is 0 Å². The molecule has 0 radical (unpaired) electrons. The molecule has 0 aliphatic heterocycles. The Morgan fingerprint density at radius 2 is 1.72 bits per heavy atom. The summed E-state index contributed by atoms with van der Waals surface area (Å²) in [4.78, 5) is 15.9. The van der Waals surface area contributed by atoms with Gasteiger partial charge < -0.3 is 18.9 Å². The monoisotopic (exact) mass is 365 g/mol. The summed E-state index contributed by atoms with van der Waals surface area (Å²) in [7, 11) is 4.65. The summed E-state index contributed by atoms with van der Waals surface area (Å²) >= 11 is 5.71. The summed E-state index contributed by atoms with van der Waals surface area (Å²) in [5, 5.41) is 0.400. The third-order valence-corrected chi connectivity index (χ3v) is 3.75. The van der Waals surface area contributed by atoms with E-state index in [1.54, 1.807) is 39.7 Å². The van der Waals surface area contributed by atoms with Crippen molar-refractivity contribution in [2.75, 3.05) is 21.3 Å². The van der Waals surface area contributed by atoms with Crippen LogP contribution < -0.4 is 14.2 Å². The van der Waals surface area contributed by atoms with Crippen LogP contribution in [-0.4, -0.2) is 32.3 Å². The Labute approximate surface area is 151 Å². The van der Waals surface area contributed by atoms with Gasteiger partial charge in [-0.25, -0.2) is 4.98 Å². The second-order valence-corrected chi connectivity index (χ2v) is 5.57. The number of carbonyl (C=O) groups excluding carboxylic acids is 1. The van der Waals surface area contributed by atoms with Gasteiger partial charge in [0.25, 0.3) is 0 Å². The molecule has 2 aromatic rings. The first-order valence-corrected chi connectivity index (χ1v) is 8.00. The summed E-state index contributed by atoms with van der Waals surface area (Å²) in [5.41, 5.74) is 1.67. The number of aryl methyl sites for hydroxylation is 1. The van der Waals surface area contributed by atoms with E-state index in [0.717, 1.165) is 11.1 Å². The number of nitrogens with zero attached hydrogens (tertiary/aromatic N) is 1. The number of ether oxygens (including phenoxy) is 4. The maximum absolute atomic E-state index is 11.9. The maximum Gasteiger partial charge on any atom is 0.306 e. The molecule has 0 aliphatic carbocycles. The summed E-state index contributed by atoms with van der Waals surface area (Å²) in [6, 6.07) is 7.05. The van der Waals surface area contributed by atoms with Gasteiger partial charge in [-0.2, -0.15) is 0 Å². The smallest absolute Gasteiger partial charge is 0.306 e. The molecular formula is C18H20ClNO5. The van der Waals surface area contributed by atoms with Crippen LogP contribution in [0, 0.1) is 0 Å². The van der Waals surface area contributed by atoms with Crippen molar-refractivity contribution in [2.45, 2.75) is 19.4 Å². The lowest BCUT2D eigenvalue weighted by Gasteiger charge is -2.14. The molecule has 0 aliphatic rings. The quantitative estimate of drug-likeness (QED) is 0.527. The van der Waals surface area contributed by atoms with Crippen molar-refractivity contribution in [1.82, 2.24) is 4.98 Å². The molecule has 6 nitrogen and oxygen atoms in total. The lowest BCUT2D eigenvalue weighted by Crippen LogP contribution is -2.06. The van der Waals surface area contributed by atoms with Crippen molar-refractivity contribution in [3.63, 3.8) is 0 Å². The molecule has 0 saturated carbocycles. The maximum atomic E-state index is 11.9. The predicted molar refractivity (Wildman–Crippen MR) is 93.5 cm³/mol. The van der Waals surface area contributed by atoms with Crippen molar-refractivity contribution in [3.05, 3.63) is 46.7 Å². The Morgan fingerprint density at radius 1 is 1.04 bits per heavy atom. The van der Waals surface area contributed by atoms with Crippen LogP contribution in [0.1, 0.15) is 17.5 Å². The van der Waals surface area contributed by atoms with Gasteiger partial charge in [0.1, 0.15) is 11.8 Å². The molecule has 1 aromatic carbocycles. The number of hydrogen-bond acceptors (Lipinski definition) is 6. The summed E-state index contributed by atoms with van der Waals surface area (Å²) in [6.45, 7) is 0.165. The summed E-state index contributed by atoms with van der Waals surface area (Å²) < 4.78 is 21.1. The number of carbonyl (C=O) groups is 1. The van der Waals surface area contributed by atoms with E-state index in [-0.39, 0.29) is 19.0 Å². The minimum atomic E-state index is -0.302. The molecule has 25 heavy (non-hydrogen) atoms. The van der Waals surface area contributed by atoms with Gasteiger partial charge in [0.2, 0.25) is 5.75 Å². The van der Waals surface area contributed by atoms with E-state index in [9.17, 15) is 4.79 Å². The Kier molecular flexibility index (Phi) is 6.89. The van der Waals surface area contributed by atoms with Crippen LogP contribution in [0.2, 0.25) is 5.15 Å². The van der Waals surface area contributed by atoms with Crippen LogP contribution in [0.3, 0.4) is 0 Å².